The van der Waals surface area contributed by atoms with Crippen molar-refractivity contribution in [3.63, 3.8) is 0 Å². The van der Waals surface area contributed by atoms with Gasteiger partial charge in [-0.25, -0.2) is 9.79 Å². The molecule has 26 heavy (non-hydrogen) atoms. The van der Waals surface area contributed by atoms with Crippen molar-refractivity contribution < 1.29 is 24.3 Å². The van der Waals surface area contributed by atoms with Gasteiger partial charge in [0.15, 0.2) is 0 Å². The third-order valence-electron chi connectivity index (χ3n) is 4.81. The fraction of sp³-hybridized carbons (Fsp3) is 0.625. The Morgan fingerprint density at radius 2 is 2.19 bits per heavy atom. The molecule has 10 heteroatoms. The molecule has 2 fully saturated rings. The lowest BCUT2D eigenvalue weighted by Crippen LogP contribution is -2.55. The van der Waals surface area contributed by atoms with Crippen LogP contribution >= 0.6 is 0 Å². The van der Waals surface area contributed by atoms with Crippen LogP contribution in [0.15, 0.2) is 9.98 Å². The molecule has 0 aromatic heterocycles. The standard InChI is InChI=1S/C16H21N5O5/c22-13-4-3-10(19-13)14(23)20-11(6-9-7-17-8-18-9)15(24)21-5-1-2-12(21)16(25)26/h7-12H,1-6H2,(H,19,22)(H,20,23)(H,25,26). The fourth-order valence-electron chi connectivity index (χ4n) is 3.46. The number of amides is 3. The summed E-state index contributed by atoms with van der Waals surface area (Å²) in [6.07, 6.45) is 4.77. The Bertz CT molecular complexity index is 664. The lowest BCUT2D eigenvalue weighted by molar-refractivity contribution is -0.149. The molecule has 0 aromatic rings. The van der Waals surface area contributed by atoms with Gasteiger partial charge < -0.3 is 20.6 Å². The van der Waals surface area contributed by atoms with Crippen LogP contribution in [-0.4, -0.2) is 77.0 Å². The van der Waals surface area contributed by atoms with Crippen LogP contribution in [0.4, 0.5) is 0 Å². The van der Waals surface area contributed by atoms with E-state index in [9.17, 15) is 24.3 Å². The van der Waals surface area contributed by atoms with Gasteiger partial charge in [0, 0.05) is 25.6 Å². The van der Waals surface area contributed by atoms with Gasteiger partial charge in [-0.05, 0) is 19.3 Å². The normalized spacial score (nSPS) is 28.2. The van der Waals surface area contributed by atoms with E-state index in [2.05, 4.69) is 20.6 Å². The molecule has 0 aromatic carbocycles. The summed E-state index contributed by atoms with van der Waals surface area (Å²) >= 11 is 0. The number of nitrogens with one attached hydrogen (secondary N) is 2. The number of carbonyl (C=O) groups is 4. The zero-order chi connectivity index (χ0) is 18.7. The van der Waals surface area contributed by atoms with E-state index in [0.29, 0.717) is 25.8 Å². The quantitative estimate of drug-likeness (QED) is 0.538. The lowest BCUT2D eigenvalue weighted by atomic mass is 10.1. The fourth-order valence-corrected chi connectivity index (χ4v) is 3.46. The Morgan fingerprint density at radius 1 is 1.38 bits per heavy atom. The highest BCUT2D eigenvalue weighted by Gasteiger charge is 2.39. The van der Waals surface area contributed by atoms with Crippen molar-refractivity contribution >= 4 is 36.2 Å². The molecule has 140 valence electrons. The van der Waals surface area contributed by atoms with Crippen LogP contribution in [0.3, 0.4) is 0 Å². The number of hydrogen-bond donors (Lipinski definition) is 3. The SMILES string of the molecule is O=C1CCC(C(=O)NC(CC2C=NC=N2)C(=O)N2CCCC2C(=O)O)N1. The second-order valence-electron chi connectivity index (χ2n) is 6.61. The smallest absolute Gasteiger partial charge is 0.326 e. The summed E-state index contributed by atoms with van der Waals surface area (Å²) in [7, 11) is 0. The largest absolute Gasteiger partial charge is 0.480 e. The molecule has 0 spiro atoms. The molecule has 10 nitrogen and oxygen atoms in total. The maximum Gasteiger partial charge on any atom is 0.326 e. The highest BCUT2D eigenvalue weighted by atomic mass is 16.4. The highest BCUT2D eigenvalue weighted by Crippen LogP contribution is 2.20. The molecule has 3 N–H and O–H groups in total. The lowest BCUT2D eigenvalue weighted by Gasteiger charge is -2.28. The van der Waals surface area contributed by atoms with Crippen LogP contribution in [0.5, 0.6) is 0 Å². The van der Waals surface area contributed by atoms with Crippen LogP contribution in [-0.2, 0) is 19.2 Å². The minimum Gasteiger partial charge on any atom is -0.480 e. The van der Waals surface area contributed by atoms with E-state index >= 15 is 0 Å². The zero-order valence-corrected chi connectivity index (χ0v) is 14.1. The van der Waals surface area contributed by atoms with Crippen molar-refractivity contribution in [2.24, 2.45) is 9.98 Å². The minimum atomic E-state index is -1.05. The third-order valence-corrected chi connectivity index (χ3v) is 4.81. The Balaban J connectivity index is 1.71. The molecule has 3 aliphatic rings. The molecule has 3 heterocycles. The van der Waals surface area contributed by atoms with E-state index in [-0.39, 0.29) is 24.8 Å². The molecule has 3 amide bonds. The summed E-state index contributed by atoms with van der Waals surface area (Å²) in [5.74, 6) is -2.14. The van der Waals surface area contributed by atoms with Crippen molar-refractivity contribution in [2.45, 2.75) is 56.3 Å². The van der Waals surface area contributed by atoms with Gasteiger partial charge in [0.05, 0.1) is 6.04 Å². The Kier molecular flexibility index (Phi) is 5.29. The van der Waals surface area contributed by atoms with Crippen LogP contribution < -0.4 is 10.6 Å². The van der Waals surface area contributed by atoms with Crippen LogP contribution in [0.25, 0.3) is 0 Å². The number of carboxylic acids is 1. The Hall–Kier alpha value is -2.78. The van der Waals surface area contributed by atoms with Crippen LogP contribution in [0.1, 0.15) is 32.1 Å². The third kappa shape index (κ3) is 3.89. The maximum absolute atomic E-state index is 12.9. The first-order valence-electron chi connectivity index (χ1n) is 8.63. The van der Waals surface area contributed by atoms with Crippen molar-refractivity contribution in [1.82, 2.24) is 15.5 Å². The second kappa shape index (κ2) is 7.63. The topological polar surface area (TPSA) is 141 Å². The summed E-state index contributed by atoms with van der Waals surface area (Å²) in [5, 5.41) is 14.5. The van der Waals surface area contributed by atoms with Crippen molar-refractivity contribution in [1.29, 1.82) is 0 Å². The summed E-state index contributed by atoms with van der Waals surface area (Å²) in [4.78, 5) is 57.3. The average Bonchev–Trinajstić information content (AvgIpc) is 3.34. The summed E-state index contributed by atoms with van der Waals surface area (Å²) in [5.41, 5.74) is 0. The number of carbonyl (C=O) groups excluding carboxylic acids is 3. The molecule has 0 bridgehead atoms. The Labute approximate surface area is 149 Å². The van der Waals surface area contributed by atoms with Gasteiger partial charge in [-0.2, -0.15) is 0 Å². The van der Waals surface area contributed by atoms with E-state index in [1.165, 1.54) is 11.2 Å². The maximum atomic E-state index is 12.9. The molecular weight excluding hydrogens is 342 g/mol. The van der Waals surface area contributed by atoms with E-state index in [1.807, 2.05) is 0 Å². The van der Waals surface area contributed by atoms with Gasteiger partial charge in [-0.1, -0.05) is 0 Å². The van der Waals surface area contributed by atoms with E-state index in [0.717, 1.165) is 0 Å². The number of aliphatic imine (C=N–C) groups is 2. The molecular formula is C16H21N5O5. The van der Waals surface area contributed by atoms with Gasteiger partial charge in [0.2, 0.25) is 17.7 Å². The number of likely N-dealkylation sites (tertiary alicyclic amines) is 1. The number of carboxylic acid groups (broad SMARTS) is 1. The number of nitrogens with zero attached hydrogens (tertiary/aromatic N) is 3. The average molecular weight is 363 g/mol. The first kappa shape index (κ1) is 18.0. The van der Waals surface area contributed by atoms with Gasteiger partial charge in [-0.3, -0.25) is 19.4 Å². The van der Waals surface area contributed by atoms with Crippen molar-refractivity contribution in [3.8, 4) is 0 Å². The molecule has 4 unspecified atom stereocenters. The predicted octanol–water partition coefficient (Wildman–Crippen LogP) is -1.30. The minimum absolute atomic E-state index is 0.189. The number of rotatable bonds is 6. The van der Waals surface area contributed by atoms with E-state index < -0.39 is 35.9 Å². The first-order valence-corrected chi connectivity index (χ1v) is 8.63. The number of aliphatic carboxylic acids is 1. The van der Waals surface area contributed by atoms with Crippen LogP contribution in [0.2, 0.25) is 0 Å². The van der Waals surface area contributed by atoms with Crippen molar-refractivity contribution in [2.75, 3.05) is 6.54 Å². The molecule has 2 saturated heterocycles. The molecule has 4 atom stereocenters. The molecule has 3 rings (SSSR count). The zero-order valence-electron chi connectivity index (χ0n) is 14.1. The predicted molar refractivity (Wildman–Crippen MR) is 90.9 cm³/mol. The van der Waals surface area contributed by atoms with E-state index in [4.69, 9.17) is 0 Å². The first-order chi connectivity index (χ1) is 12.5. The van der Waals surface area contributed by atoms with E-state index in [1.54, 1.807) is 6.21 Å². The van der Waals surface area contributed by atoms with Gasteiger partial charge in [0.1, 0.15) is 24.5 Å². The molecule has 0 radical (unpaired) electrons. The van der Waals surface area contributed by atoms with Gasteiger partial charge in [0.25, 0.3) is 0 Å². The number of hydrogen-bond acceptors (Lipinski definition) is 6. The molecule has 0 saturated carbocycles. The summed E-state index contributed by atoms with van der Waals surface area (Å²) in [6.45, 7) is 0.338. The van der Waals surface area contributed by atoms with Gasteiger partial charge in [-0.15, -0.1) is 0 Å². The summed E-state index contributed by atoms with van der Waals surface area (Å²) < 4.78 is 0. The second-order valence-corrected chi connectivity index (χ2v) is 6.61. The molecule has 0 aliphatic carbocycles. The Morgan fingerprint density at radius 3 is 2.81 bits per heavy atom. The monoisotopic (exact) mass is 363 g/mol. The molecule has 3 aliphatic heterocycles. The van der Waals surface area contributed by atoms with Crippen molar-refractivity contribution in [3.05, 3.63) is 0 Å². The summed E-state index contributed by atoms with van der Waals surface area (Å²) in [6, 6.07) is -2.83. The van der Waals surface area contributed by atoms with Gasteiger partial charge >= 0.3 is 5.97 Å². The van der Waals surface area contributed by atoms with Crippen LogP contribution in [0, 0.1) is 0 Å². The highest BCUT2D eigenvalue weighted by molar-refractivity contribution is 5.95.